The highest BCUT2D eigenvalue weighted by molar-refractivity contribution is 5.36. The second-order valence-electron chi connectivity index (χ2n) is 6.96. The molecule has 0 radical (unpaired) electrons. The lowest BCUT2D eigenvalue weighted by atomic mass is 10.2. The summed E-state index contributed by atoms with van der Waals surface area (Å²) in [5.74, 6) is 2.48. The van der Waals surface area contributed by atoms with E-state index in [-0.39, 0.29) is 0 Å². The third-order valence-corrected chi connectivity index (χ3v) is 4.42. The minimum Gasteiger partial charge on any atom is -0.493 e. The molecule has 3 rings (SSSR count). The molecule has 0 aliphatic carbocycles. The first-order valence-electron chi connectivity index (χ1n) is 9.52. The van der Waals surface area contributed by atoms with Gasteiger partial charge in [0.25, 0.3) is 0 Å². The number of morpholine rings is 1. The average Bonchev–Trinajstić information content (AvgIpc) is 2.62. The van der Waals surface area contributed by atoms with Gasteiger partial charge in [-0.1, -0.05) is 24.3 Å². The Bertz CT molecular complexity index is 651. The van der Waals surface area contributed by atoms with Crippen molar-refractivity contribution < 1.29 is 14.2 Å². The summed E-state index contributed by atoms with van der Waals surface area (Å²) in [6.07, 6.45) is 2.86. The second-order valence-corrected chi connectivity index (χ2v) is 6.96. The third kappa shape index (κ3) is 6.04. The van der Waals surface area contributed by atoms with Crippen LogP contribution in [0.1, 0.15) is 26.7 Å². The highest BCUT2D eigenvalue weighted by Crippen LogP contribution is 2.25. The molecule has 2 aromatic carbocycles. The van der Waals surface area contributed by atoms with Crippen molar-refractivity contribution in [3.8, 4) is 17.2 Å². The third-order valence-electron chi connectivity index (χ3n) is 4.42. The van der Waals surface area contributed by atoms with Gasteiger partial charge in [0.2, 0.25) is 0 Å². The van der Waals surface area contributed by atoms with Gasteiger partial charge in [0.05, 0.1) is 18.8 Å². The first kappa shape index (κ1) is 18.7. The number of unbranched alkanes of at least 4 members (excludes halogenated alkanes) is 1. The number of hydrogen-bond acceptors (Lipinski definition) is 4. The maximum absolute atomic E-state index is 5.89. The molecule has 2 atom stereocenters. The van der Waals surface area contributed by atoms with Crippen molar-refractivity contribution in [2.75, 3.05) is 26.2 Å². The fourth-order valence-electron chi connectivity index (χ4n) is 3.35. The van der Waals surface area contributed by atoms with Gasteiger partial charge >= 0.3 is 0 Å². The summed E-state index contributed by atoms with van der Waals surface area (Å²) in [6.45, 7) is 8.20. The van der Waals surface area contributed by atoms with Crippen LogP contribution in [0.25, 0.3) is 0 Å². The molecule has 2 aromatic rings. The lowest BCUT2D eigenvalue weighted by Crippen LogP contribution is -2.45. The standard InChI is InChI=1S/C22H29NO3/c1-18-16-23(17-19(2)25-18)13-6-7-14-24-21-11-8-12-22(15-21)26-20-9-4-3-5-10-20/h3-5,8-12,15,18-19H,6-7,13-14,16-17H2,1-2H3/t18-,19-/m0/s1. The van der Waals surface area contributed by atoms with Crippen LogP contribution in [0.4, 0.5) is 0 Å². The van der Waals surface area contributed by atoms with Crippen molar-refractivity contribution in [3.05, 3.63) is 54.6 Å². The van der Waals surface area contributed by atoms with E-state index in [1.165, 1.54) is 0 Å². The molecular formula is C22H29NO3. The molecule has 0 saturated carbocycles. The molecule has 140 valence electrons. The first-order valence-corrected chi connectivity index (χ1v) is 9.52. The number of hydrogen-bond donors (Lipinski definition) is 0. The van der Waals surface area contributed by atoms with Gasteiger partial charge in [0.1, 0.15) is 17.2 Å². The minimum absolute atomic E-state index is 0.336. The van der Waals surface area contributed by atoms with Crippen LogP contribution in [0, 0.1) is 0 Å². The Kier molecular flexibility index (Phi) is 6.92. The summed E-state index contributed by atoms with van der Waals surface area (Å²) in [7, 11) is 0. The van der Waals surface area contributed by atoms with Crippen LogP contribution in [0.2, 0.25) is 0 Å². The van der Waals surface area contributed by atoms with Crippen molar-refractivity contribution in [2.45, 2.75) is 38.9 Å². The number of para-hydroxylation sites is 1. The van der Waals surface area contributed by atoms with E-state index < -0.39 is 0 Å². The SMILES string of the molecule is C[C@H]1CN(CCCCOc2cccc(Oc3ccccc3)c2)C[C@H](C)O1. The Morgan fingerprint density at radius 1 is 0.885 bits per heavy atom. The number of nitrogens with zero attached hydrogens (tertiary/aromatic N) is 1. The van der Waals surface area contributed by atoms with Gasteiger partial charge in [0, 0.05) is 19.2 Å². The first-order chi connectivity index (χ1) is 12.7. The van der Waals surface area contributed by atoms with Gasteiger partial charge in [-0.25, -0.2) is 0 Å². The van der Waals surface area contributed by atoms with Gasteiger partial charge in [0.15, 0.2) is 0 Å². The molecular weight excluding hydrogens is 326 g/mol. The largest absolute Gasteiger partial charge is 0.493 e. The van der Waals surface area contributed by atoms with Crippen LogP contribution >= 0.6 is 0 Å². The van der Waals surface area contributed by atoms with E-state index in [1.807, 2.05) is 54.6 Å². The predicted octanol–water partition coefficient (Wildman–Crippen LogP) is 4.75. The van der Waals surface area contributed by atoms with E-state index in [9.17, 15) is 0 Å². The summed E-state index contributed by atoms with van der Waals surface area (Å²) in [5, 5.41) is 0. The summed E-state index contributed by atoms with van der Waals surface area (Å²) in [5.41, 5.74) is 0. The van der Waals surface area contributed by atoms with Crippen LogP contribution < -0.4 is 9.47 Å². The van der Waals surface area contributed by atoms with Crippen LogP contribution in [-0.4, -0.2) is 43.3 Å². The fraction of sp³-hybridized carbons (Fsp3) is 0.455. The van der Waals surface area contributed by atoms with Gasteiger partial charge in [-0.15, -0.1) is 0 Å². The highest BCUT2D eigenvalue weighted by atomic mass is 16.5. The topological polar surface area (TPSA) is 30.9 Å². The average molecular weight is 355 g/mol. The molecule has 0 bridgehead atoms. The zero-order valence-electron chi connectivity index (χ0n) is 15.8. The van der Waals surface area contributed by atoms with Gasteiger partial charge in [-0.3, -0.25) is 4.90 Å². The van der Waals surface area contributed by atoms with E-state index in [2.05, 4.69) is 18.7 Å². The Labute approximate surface area is 156 Å². The molecule has 1 fully saturated rings. The zero-order valence-corrected chi connectivity index (χ0v) is 15.8. The predicted molar refractivity (Wildman–Crippen MR) is 104 cm³/mol. The summed E-state index contributed by atoms with van der Waals surface area (Å²) in [4.78, 5) is 2.49. The highest BCUT2D eigenvalue weighted by Gasteiger charge is 2.21. The van der Waals surface area contributed by atoms with Crippen molar-refractivity contribution in [1.82, 2.24) is 4.90 Å². The zero-order chi connectivity index (χ0) is 18.2. The Hall–Kier alpha value is -2.04. The normalized spacial score (nSPS) is 20.7. The molecule has 0 aromatic heterocycles. The Morgan fingerprint density at radius 3 is 2.35 bits per heavy atom. The fourth-order valence-corrected chi connectivity index (χ4v) is 3.35. The monoisotopic (exact) mass is 355 g/mol. The molecule has 1 aliphatic heterocycles. The maximum Gasteiger partial charge on any atom is 0.131 e. The molecule has 0 amide bonds. The van der Waals surface area contributed by atoms with Crippen LogP contribution in [-0.2, 0) is 4.74 Å². The van der Waals surface area contributed by atoms with Gasteiger partial charge in [-0.05, 0) is 57.5 Å². The number of ether oxygens (including phenoxy) is 3. The lowest BCUT2D eigenvalue weighted by molar-refractivity contribution is -0.0682. The maximum atomic E-state index is 5.89. The van der Waals surface area contributed by atoms with E-state index in [0.29, 0.717) is 12.2 Å². The molecule has 1 heterocycles. The Balaban J connectivity index is 1.38. The number of benzene rings is 2. The molecule has 1 saturated heterocycles. The molecule has 26 heavy (non-hydrogen) atoms. The van der Waals surface area contributed by atoms with Gasteiger partial charge in [-0.2, -0.15) is 0 Å². The van der Waals surface area contributed by atoms with Crippen LogP contribution in [0.5, 0.6) is 17.2 Å². The van der Waals surface area contributed by atoms with Crippen molar-refractivity contribution in [3.63, 3.8) is 0 Å². The van der Waals surface area contributed by atoms with E-state index in [4.69, 9.17) is 14.2 Å². The van der Waals surface area contributed by atoms with E-state index >= 15 is 0 Å². The van der Waals surface area contributed by atoms with E-state index in [1.54, 1.807) is 0 Å². The smallest absolute Gasteiger partial charge is 0.131 e. The summed E-state index contributed by atoms with van der Waals surface area (Å²) in [6, 6.07) is 17.6. The lowest BCUT2D eigenvalue weighted by Gasteiger charge is -2.35. The molecule has 4 heteroatoms. The number of rotatable bonds is 8. The molecule has 0 unspecified atom stereocenters. The van der Waals surface area contributed by atoms with Crippen molar-refractivity contribution in [1.29, 1.82) is 0 Å². The summed E-state index contributed by atoms with van der Waals surface area (Å²) >= 11 is 0. The van der Waals surface area contributed by atoms with Gasteiger partial charge < -0.3 is 14.2 Å². The van der Waals surface area contributed by atoms with E-state index in [0.717, 1.165) is 56.3 Å². The molecule has 0 N–H and O–H groups in total. The van der Waals surface area contributed by atoms with Crippen LogP contribution in [0.3, 0.4) is 0 Å². The molecule has 0 spiro atoms. The molecule has 1 aliphatic rings. The quantitative estimate of drug-likeness (QED) is 0.640. The van der Waals surface area contributed by atoms with Crippen LogP contribution in [0.15, 0.2) is 54.6 Å². The van der Waals surface area contributed by atoms with Crippen molar-refractivity contribution >= 4 is 0 Å². The van der Waals surface area contributed by atoms with Crippen molar-refractivity contribution in [2.24, 2.45) is 0 Å². The Morgan fingerprint density at radius 2 is 1.58 bits per heavy atom. The minimum atomic E-state index is 0.336. The molecule has 4 nitrogen and oxygen atoms in total. The second kappa shape index (κ2) is 9.60. The summed E-state index contributed by atoms with van der Waals surface area (Å²) < 4.78 is 17.5.